The first-order valence-corrected chi connectivity index (χ1v) is 6.43. The number of nitrogens with one attached hydrogen (secondary N) is 1. The number of methoxy groups -OCH3 is 2. The molecule has 0 unspecified atom stereocenters. The molecule has 0 atom stereocenters. The maximum absolute atomic E-state index is 12.5. The molecule has 0 heterocycles. The molecule has 0 saturated heterocycles. The molecule has 0 spiro atoms. The molecule has 0 saturated carbocycles. The number of benzene rings is 1. The number of ketones is 2. The van der Waals surface area contributed by atoms with Gasteiger partial charge in [-0.25, -0.2) is 0 Å². The van der Waals surface area contributed by atoms with Gasteiger partial charge in [-0.15, -0.1) is 0 Å². The topological polar surface area (TPSA) is 64.6 Å². The molecule has 5 nitrogen and oxygen atoms in total. The monoisotopic (exact) mass is 275 g/mol. The highest BCUT2D eigenvalue weighted by molar-refractivity contribution is 6.26. The molecule has 0 aromatic heterocycles. The van der Waals surface area contributed by atoms with Gasteiger partial charge in [0.2, 0.25) is 5.78 Å². The van der Waals surface area contributed by atoms with Crippen LogP contribution in [0.25, 0.3) is 0 Å². The molecule has 106 valence electrons. The van der Waals surface area contributed by atoms with Gasteiger partial charge in [-0.05, 0) is 18.6 Å². The van der Waals surface area contributed by atoms with Crippen molar-refractivity contribution in [3.05, 3.63) is 35.0 Å². The van der Waals surface area contributed by atoms with Crippen molar-refractivity contribution in [2.24, 2.45) is 0 Å². The van der Waals surface area contributed by atoms with E-state index in [1.54, 1.807) is 12.1 Å². The average molecular weight is 275 g/mol. The molecule has 1 N–H and O–H groups in total. The minimum atomic E-state index is -0.256. The summed E-state index contributed by atoms with van der Waals surface area (Å²) in [6.45, 7) is 2.62. The Kier molecular flexibility index (Phi) is 4.08. The zero-order valence-corrected chi connectivity index (χ0v) is 11.8. The Morgan fingerprint density at radius 2 is 1.65 bits per heavy atom. The first-order valence-electron chi connectivity index (χ1n) is 6.43. The van der Waals surface area contributed by atoms with Crippen molar-refractivity contribution < 1.29 is 19.1 Å². The number of fused-ring (bicyclic) bond motifs is 1. The van der Waals surface area contributed by atoms with Crippen molar-refractivity contribution in [1.82, 2.24) is 5.32 Å². The lowest BCUT2D eigenvalue weighted by Gasteiger charge is -2.20. The van der Waals surface area contributed by atoms with Crippen molar-refractivity contribution in [2.75, 3.05) is 20.8 Å². The van der Waals surface area contributed by atoms with Crippen LogP contribution in [0.4, 0.5) is 0 Å². The van der Waals surface area contributed by atoms with E-state index in [1.165, 1.54) is 20.3 Å². The third-order valence-corrected chi connectivity index (χ3v) is 3.13. The minimum Gasteiger partial charge on any atom is -0.496 e. The van der Waals surface area contributed by atoms with Crippen molar-refractivity contribution in [1.29, 1.82) is 0 Å². The number of Topliss-reactive ketones (excluding diaryl/α,β-unsaturated/α-hetero) is 1. The maximum Gasteiger partial charge on any atom is 0.213 e. The molecule has 1 aromatic carbocycles. The van der Waals surface area contributed by atoms with Crippen LogP contribution in [0, 0.1) is 0 Å². The van der Waals surface area contributed by atoms with Crippen molar-refractivity contribution >= 4 is 11.6 Å². The Balaban J connectivity index is 2.56. The number of carbonyl (C=O) groups is 2. The normalized spacial score (nSPS) is 13.7. The second-order valence-electron chi connectivity index (χ2n) is 4.40. The Hall–Kier alpha value is -2.30. The van der Waals surface area contributed by atoms with E-state index in [0.29, 0.717) is 23.7 Å². The molecule has 1 aliphatic carbocycles. The number of hydrogen-bond donors (Lipinski definition) is 1. The van der Waals surface area contributed by atoms with Gasteiger partial charge in [0.25, 0.3) is 0 Å². The van der Waals surface area contributed by atoms with Gasteiger partial charge >= 0.3 is 0 Å². The van der Waals surface area contributed by atoms with E-state index >= 15 is 0 Å². The smallest absolute Gasteiger partial charge is 0.213 e. The van der Waals surface area contributed by atoms with Crippen molar-refractivity contribution in [2.45, 2.75) is 13.3 Å². The summed E-state index contributed by atoms with van der Waals surface area (Å²) in [4.78, 5) is 24.7. The summed E-state index contributed by atoms with van der Waals surface area (Å²) in [5.74, 6) is 0.255. The van der Waals surface area contributed by atoms with Gasteiger partial charge in [-0.2, -0.15) is 0 Å². The zero-order valence-electron chi connectivity index (χ0n) is 11.8. The Morgan fingerprint density at radius 3 is 2.20 bits per heavy atom. The number of allylic oxidation sites excluding steroid dienone is 2. The summed E-state index contributed by atoms with van der Waals surface area (Å²) in [5, 5.41) is 2.98. The highest BCUT2D eigenvalue weighted by Crippen LogP contribution is 2.35. The van der Waals surface area contributed by atoms with Crippen molar-refractivity contribution in [3.8, 4) is 11.5 Å². The molecular weight excluding hydrogens is 258 g/mol. The van der Waals surface area contributed by atoms with E-state index in [4.69, 9.17) is 9.47 Å². The van der Waals surface area contributed by atoms with E-state index in [2.05, 4.69) is 5.32 Å². The van der Waals surface area contributed by atoms with Crippen LogP contribution < -0.4 is 14.8 Å². The van der Waals surface area contributed by atoms with E-state index < -0.39 is 0 Å². The molecule has 5 heteroatoms. The fraction of sp³-hybridized carbons (Fsp3) is 0.333. The second-order valence-corrected chi connectivity index (χ2v) is 4.40. The van der Waals surface area contributed by atoms with Crippen LogP contribution in [0.5, 0.6) is 11.5 Å². The minimum absolute atomic E-state index is 0.246. The molecule has 1 aromatic rings. The van der Waals surface area contributed by atoms with Crippen LogP contribution in [0.3, 0.4) is 0 Å². The fourth-order valence-electron chi connectivity index (χ4n) is 2.17. The van der Waals surface area contributed by atoms with Crippen LogP contribution in [-0.4, -0.2) is 32.3 Å². The number of ether oxygens (including phenoxy) is 2. The molecule has 0 radical (unpaired) electrons. The summed E-state index contributed by atoms with van der Waals surface area (Å²) in [6.07, 6.45) is 2.18. The van der Waals surface area contributed by atoms with Crippen LogP contribution >= 0.6 is 0 Å². The third kappa shape index (κ3) is 2.27. The summed E-state index contributed by atoms with van der Waals surface area (Å²) >= 11 is 0. The Morgan fingerprint density at radius 1 is 1.05 bits per heavy atom. The molecule has 2 rings (SSSR count). The third-order valence-electron chi connectivity index (χ3n) is 3.13. The van der Waals surface area contributed by atoms with Gasteiger partial charge < -0.3 is 14.8 Å². The SMILES string of the molecule is CCCNC1=CC(=O)c2c(OC)ccc(OC)c2C1=O. The van der Waals surface area contributed by atoms with E-state index in [1.807, 2.05) is 6.92 Å². The zero-order chi connectivity index (χ0) is 14.7. The van der Waals surface area contributed by atoms with Gasteiger partial charge in [-0.1, -0.05) is 6.92 Å². The predicted octanol–water partition coefficient (Wildman–Crippen LogP) is 1.97. The predicted molar refractivity (Wildman–Crippen MR) is 74.6 cm³/mol. The summed E-state index contributed by atoms with van der Waals surface area (Å²) in [5.41, 5.74) is 0.827. The largest absolute Gasteiger partial charge is 0.496 e. The highest BCUT2D eigenvalue weighted by Gasteiger charge is 2.31. The lowest BCUT2D eigenvalue weighted by atomic mass is 9.91. The summed E-state index contributed by atoms with van der Waals surface area (Å²) < 4.78 is 10.4. The van der Waals surface area contributed by atoms with Gasteiger partial charge in [0, 0.05) is 12.6 Å². The second kappa shape index (κ2) is 5.77. The lowest BCUT2D eigenvalue weighted by Crippen LogP contribution is -2.28. The Labute approximate surface area is 117 Å². The average Bonchev–Trinajstić information content (AvgIpc) is 2.47. The number of hydrogen-bond acceptors (Lipinski definition) is 5. The van der Waals surface area contributed by atoms with Gasteiger partial charge in [0.05, 0.1) is 31.0 Å². The highest BCUT2D eigenvalue weighted by atomic mass is 16.5. The van der Waals surface area contributed by atoms with Crippen LogP contribution in [0.15, 0.2) is 23.9 Å². The first-order chi connectivity index (χ1) is 9.63. The molecule has 1 aliphatic rings. The van der Waals surface area contributed by atoms with Crippen LogP contribution in [0.1, 0.15) is 34.1 Å². The van der Waals surface area contributed by atoms with Gasteiger partial charge in [0.1, 0.15) is 11.5 Å². The quantitative estimate of drug-likeness (QED) is 0.890. The molecule has 0 fully saturated rings. The summed E-state index contributed by atoms with van der Waals surface area (Å²) in [7, 11) is 2.94. The number of carbonyl (C=O) groups excluding carboxylic acids is 2. The molecular formula is C15H17NO4. The standard InChI is InChI=1S/C15H17NO4/c1-4-7-16-9-8-10(17)13-11(19-2)5-6-12(20-3)14(13)15(9)18/h5-6,8,16H,4,7H2,1-3H3. The van der Waals surface area contributed by atoms with Crippen LogP contribution in [0.2, 0.25) is 0 Å². The molecule has 0 bridgehead atoms. The molecule has 0 amide bonds. The fourth-order valence-corrected chi connectivity index (χ4v) is 2.17. The van der Waals surface area contributed by atoms with Gasteiger partial charge in [-0.3, -0.25) is 9.59 Å². The maximum atomic E-state index is 12.5. The molecule has 0 aliphatic heterocycles. The van der Waals surface area contributed by atoms with E-state index in [9.17, 15) is 9.59 Å². The molecule has 20 heavy (non-hydrogen) atoms. The lowest BCUT2D eigenvalue weighted by molar-refractivity contribution is 0.0973. The van der Waals surface area contributed by atoms with E-state index in [0.717, 1.165) is 6.42 Å². The van der Waals surface area contributed by atoms with Crippen LogP contribution in [-0.2, 0) is 0 Å². The first kappa shape index (κ1) is 14.1. The van der Waals surface area contributed by atoms with Crippen molar-refractivity contribution in [3.63, 3.8) is 0 Å². The Bertz CT molecular complexity index is 590. The van der Waals surface area contributed by atoms with E-state index in [-0.39, 0.29) is 22.7 Å². The number of rotatable bonds is 5. The summed E-state index contributed by atoms with van der Waals surface area (Å²) in [6, 6.07) is 3.26. The van der Waals surface area contributed by atoms with Gasteiger partial charge in [0.15, 0.2) is 5.78 Å².